The monoisotopic (exact) mass is 917 g/mol. The third-order valence-electron chi connectivity index (χ3n) is 9.42. The van der Waals surface area contributed by atoms with Gasteiger partial charge in [0.1, 0.15) is 13.2 Å². The summed E-state index contributed by atoms with van der Waals surface area (Å²) >= 11 is 0. The molecule has 0 aromatic carbocycles. The lowest BCUT2D eigenvalue weighted by Gasteiger charge is -2.18. The van der Waals surface area contributed by atoms with E-state index >= 15 is 0 Å². The van der Waals surface area contributed by atoms with Crippen LogP contribution < -0.4 is 0 Å². The van der Waals surface area contributed by atoms with Gasteiger partial charge in [0.2, 0.25) is 0 Å². The maximum Gasteiger partial charge on any atom is 0.309 e. The molecule has 0 fully saturated rings. The van der Waals surface area contributed by atoms with Crippen molar-refractivity contribution in [3.63, 3.8) is 0 Å². The first-order valence-electron chi connectivity index (χ1n) is 25.3. The third-order valence-corrected chi connectivity index (χ3v) is 9.42. The van der Waals surface area contributed by atoms with Crippen molar-refractivity contribution in [2.75, 3.05) is 13.2 Å². The van der Waals surface area contributed by atoms with E-state index in [-0.39, 0.29) is 38.4 Å². The van der Waals surface area contributed by atoms with Crippen molar-refractivity contribution in [3.8, 4) is 0 Å². The molecule has 0 amide bonds. The summed E-state index contributed by atoms with van der Waals surface area (Å²) in [5.41, 5.74) is 0. The molecule has 0 aliphatic carbocycles. The van der Waals surface area contributed by atoms with Crippen LogP contribution in [0.3, 0.4) is 0 Å². The van der Waals surface area contributed by atoms with Gasteiger partial charge in [-0.05, 0) is 122 Å². The second kappa shape index (κ2) is 53.1. The summed E-state index contributed by atoms with van der Waals surface area (Å²) in [6.45, 7) is 6.06. The molecule has 0 rings (SSSR count). The summed E-state index contributed by atoms with van der Waals surface area (Å²) in [5.74, 6) is -1.23. The van der Waals surface area contributed by atoms with E-state index in [0.29, 0.717) is 19.3 Å². The molecule has 0 saturated carbocycles. The van der Waals surface area contributed by atoms with Crippen molar-refractivity contribution in [2.24, 2.45) is 0 Å². The molecule has 0 N–H and O–H groups in total. The van der Waals surface area contributed by atoms with E-state index < -0.39 is 18.0 Å². The minimum Gasteiger partial charge on any atom is -0.462 e. The maximum absolute atomic E-state index is 12.8. The van der Waals surface area contributed by atoms with Crippen LogP contribution in [0, 0.1) is 0 Å². The maximum atomic E-state index is 12.8. The van der Waals surface area contributed by atoms with Gasteiger partial charge in [-0.1, -0.05) is 203 Å². The fourth-order valence-electron chi connectivity index (χ4n) is 5.76. The highest BCUT2D eigenvalue weighted by Gasteiger charge is 2.19. The number of esters is 3. The highest BCUT2D eigenvalue weighted by molar-refractivity contribution is 5.72. The van der Waals surface area contributed by atoms with Gasteiger partial charge >= 0.3 is 17.9 Å². The van der Waals surface area contributed by atoms with Gasteiger partial charge in [-0.3, -0.25) is 14.4 Å². The minimum atomic E-state index is -0.881. The summed E-state index contributed by atoms with van der Waals surface area (Å²) in [4.78, 5) is 37.9. The molecular formula is C61H88O6. The molecule has 0 spiro atoms. The van der Waals surface area contributed by atoms with Crippen molar-refractivity contribution in [2.45, 2.75) is 168 Å². The average Bonchev–Trinajstić information content (AvgIpc) is 3.33. The van der Waals surface area contributed by atoms with E-state index in [1.165, 1.54) is 0 Å². The summed E-state index contributed by atoms with van der Waals surface area (Å²) in [7, 11) is 0. The zero-order chi connectivity index (χ0) is 48.6. The van der Waals surface area contributed by atoms with Crippen molar-refractivity contribution in [3.05, 3.63) is 182 Å². The van der Waals surface area contributed by atoms with Gasteiger partial charge < -0.3 is 14.2 Å². The highest BCUT2D eigenvalue weighted by Crippen LogP contribution is 2.08. The smallest absolute Gasteiger partial charge is 0.309 e. The predicted octanol–water partition coefficient (Wildman–Crippen LogP) is 17.0. The van der Waals surface area contributed by atoms with E-state index in [2.05, 4.69) is 191 Å². The number of rotatable bonds is 42. The Morgan fingerprint density at radius 2 is 0.567 bits per heavy atom. The van der Waals surface area contributed by atoms with Crippen LogP contribution in [0.4, 0.5) is 0 Å². The predicted molar refractivity (Wildman–Crippen MR) is 287 cm³/mol. The molecule has 6 nitrogen and oxygen atoms in total. The molecule has 1 unspecified atom stereocenters. The van der Waals surface area contributed by atoms with Crippen LogP contribution in [0.2, 0.25) is 0 Å². The topological polar surface area (TPSA) is 78.9 Å². The number of carbonyl (C=O) groups is 3. The van der Waals surface area contributed by atoms with E-state index in [4.69, 9.17) is 14.2 Å². The van der Waals surface area contributed by atoms with E-state index in [9.17, 15) is 14.4 Å². The first-order valence-corrected chi connectivity index (χ1v) is 25.3. The van der Waals surface area contributed by atoms with Gasteiger partial charge in [-0.25, -0.2) is 0 Å². The molecule has 0 aromatic rings. The van der Waals surface area contributed by atoms with Gasteiger partial charge in [-0.15, -0.1) is 0 Å². The molecule has 0 bridgehead atoms. The Balaban J connectivity index is 4.74. The lowest BCUT2D eigenvalue weighted by Crippen LogP contribution is -2.30. The number of carbonyl (C=O) groups excluding carboxylic acids is 3. The van der Waals surface area contributed by atoms with Crippen LogP contribution in [-0.4, -0.2) is 37.2 Å². The molecule has 0 aliphatic heterocycles. The second-order valence-electron chi connectivity index (χ2n) is 15.6. The lowest BCUT2D eigenvalue weighted by atomic mass is 10.2. The number of unbranched alkanes of at least 4 members (excludes halogenated alkanes) is 2. The molecule has 0 aliphatic rings. The molecule has 0 saturated heterocycles. The highest BCUT2D eigenvalue weighted by atomic mass is 16.6. The Morgan fingerprint density at radius 3 is 0.881 bits per heavy atom. The van der Waals surface area contributed by atoms with Crippen molar-refractivity contribution in [1.82, 2.24) is 0 Å². The fraction of sp³-hybridized carbons (Fsp3) is 0.459. The Hall–Kier alpha value is -5.49. The SMILES string of the molecule is CC/C=C\C/C=C\C/C=C\C/C=C\C/C=C\CCCC(=O)OCC(COC(=O)C/C=C\C/C=C\C/C=C\C/C=C\C/C=C\CC)OC(=O)CCC/C=C\C/C=C\C/C=C\C/C=C\C/C=C\CC. The van der Waals surface area contributed by atoms with Crippen LogP contribution >= 0.6 is 0 Å². The molecule has 0 heterocycles. The standard InChI is InChI=1S/C61H88O6/c1-4-7-10-13-16-19-22-25-28-30-33-36-39-42-45-48-51-54-60(63)66-57-58(56-65-59(62)53-50-47-44-41-38-35-32-27-24-21-18-15-12-9-6-3)67-61(64)55-52-49-46-43-40-37-34-31-29-26-23-20-17-14-11-8-5-2/h7-12,16-21,25-29,32-34,36-38,41-43,45-47,50,58H,4-6,13-15,22-24,30-31,35,39-40,44,48-49,51-57H2,1-3H3/b10-7-,11-8-,12-9-,19-16-,20-17-,21-18-,28-25-,29-26-,32-27-,36-33-,37-34-,41-38-,45-42-,46-43-,50-47-. The largest absolute Gasteiger partial charge is 0.462 e. The van der Waals surface area contributed by atoms with Crippen LogP contribution in [0.5, 0.6) is 0 Å². The Labute approximate surface area is 408 Å². The number of hydrogen-bond donors (Lipinski definition) is 0. The van der Waals surface area contributed by atoms with Crippen LogP contribution in [0.1, 0.15) is 162 Å². The molecule has 0 radical (unpaired) electrons. The van der Waals surface area contributed by atoms with E-state index in [1.54, 1.807) is 6.08 Å². The molecule has 1 atom stereocenters. The van der Waals surface area contributed by atoms with Gasteiger partial charge in [0.05, 0.1) is 6.42 Å². The second-order valence-corrected chi connectivity index (χ2v) is 15.6. The van der Waals surface area contributed by atoms with Crippen molar-refractivity contribution < 1.29 is 28.6 Å². The average molecular weight is 917 g/mol. The zero-order valence-corrected chi connectivity index (χ0v) is 41.8. The van der Waals surface area contributed by atoms with Crippen LogP contribution in [-0.2, 0) is 28.6 Å². The molecule has 67 heavy (non-hydrogen) atoms. The quantitative estimate of drug-likeness (QED) is 0.0263. The lowest BCUT2D eigenvalue weighted by molar-refractivity contribution is -0.166. The minimum absolute atomic E-state index is 0.0943. The Morgan fingerprint density at radius 1 is 0.313 bits per heavy atom. The van der Waals surface area contributed by atoms with Gasteiger partial charge in [-0.2, -0.15) is 0 Å². The number of hydrogen-bond acceptors (Lipinski definition) is 6. The molecule has 0 aromatic heterocycles. The van der Waals surface area contributed by atoms with Gasteiger partial charge in [0, 0.05) is 12.8 Å². The van der Waals surface area contributed by atoms with Gasteiger partial charge in [0.15, 0.2) is 6.10 Å². The summed E-state index contributed by atoms with van der Waals surface area (Å²) < 4.78 is 16.6. The normalized spacial score (nSPS) is 13.7. The van der Waals surface area contributed by atoms with E-state index in [1.807, 2.05) is 6.08 Å². The Bertz CT molecular complexity index is 1670. The molecule has 368 valence electrons. The molecular weight excluding hydrogens is 829 g/mol. The van der Waals surface area contributed by atoms with Crippen LogP contribution in [0.25, 0.3) is 0 Å². The Kier molecular flexibility index (Phi) is 48.8. The summed E-state index contributed by atoms with van der Waals surface area (Å²) in [6, 6.07) is 0. The first-order chi connectivity index (χ1) is 33.0. The summed E-state index contributed by atoms with van der Waals surface area (Å²) in [5, 5.41) is 0. The van der Waals surface area contributed by atoms with Crippen molar-refractivity contribution in [1.29, 1.82) is 0 Å². The first kappa shape index (κ1) is 61.5. The molecule has 6 heteroatoms. The number of allylic oxidation sites excluding steroid dienone is 29. The summed E-state index contributed by atoms with van der Waals surface area (Å²) in [6.07, 6.45) is 80.5. The van der Waals surface area contributed by atoms with E-state index in [0.717, 1.165) is 103 Å². The van der Waals surface area contributed by atoms with Crippen LogP contribution in [0.15, 0.2) is 182 Å². The zero-order valence-electron chi connectivity index (χ0n) is 41.8. The van der Waals surface area contributed by atoms with Crippen molar-refractivity contribution >= 4 is 17.9 Å². The van der Waals surface area contributed by atoms with Gasteiger partial charge in [0.25, 0.3) is 0 Å². The number of ether oxygens (including phenoxy) is 3. The third kappa shape index (κ3) is 51.4. The fourth-order valence-corrected chi connectivity index (χ4v) is 5.76.